The smallest absolute Gasteiger partial charge is 0.414 e. The first kappa shape index (κ1) is 16.0. The summed E-state index contributed by atoms with van der Waals surface area (Å²) < 4.78 is 25.7. The largest absolute Gasteiger partial charge is 0.488 e. The lowest BCUT2D eigenvalue weighted by atomic mass is 10.1. The van der Waals surface area contributed by atoms with Gasteiger partial charge in [-0.1, -0.05) is 0 Å². The first-order valence-corrected chi connectivity index (χ1v) is 7.81. The summed E-state index contributed by atoms with van der Waals surface area (Å²) in [5.41, 5.74) is 1.52. The number of ether oxygens (including phenoxy) is 2. The number of benzene rings is 1. The summed E-state index contributed by atoms with van der Waals surface area (Å²) in [7, 11) is 0. The topological polar surface area (TPSA) is 92.3 Å². The number of hydrogen-bond donors (Lipinski definition) is 0. The van der Waals surface area contributed by atoms with Crippen LogP contribution >= 0.6 is 0 Å². The molecule has 0 aliphatic carbocycles. The number of imidazole rings is 1. The zero-order valence-electron chi connectivity index (χ0n) is 13.4. The Morgan fingerprint density at radius 1 is 1.31 bits per heavy atom. The summed E-state index contributed by atoms with van der Waals surface area (Å²) in [6.07, 6.45) is 2.64. The summed E-state index contributed by atoms with van der Waals surface area (Å²) in [6.45, 7) is 0.687. The van der Waals surface area contributed by atoms with Gasteiger partial charge < -0.3 is 19.6 Å². The quantitative estimate of drug-likeness (QED) is 0.516. The number of aromatic nitrogens is 3. The van der Waals surface area contributed by atoms with E-state index in [4.69, 9.17) is 9.47 Å². The third-order valence-corrected chi connectivity index (χ3v) is 3.90. The van der Waals surface area contributed by atoms with E-state index < -0.39 is 4.92 Å². The van der Waals surface area contributed by atoms with Gasteiger partial charge in [-0.15, -0.1) is 0 Å². The van der Waals surface area contributed by atoms with Crippen molar-refractivity contribution < 1.29 is 18.8 Å². The van der Waals surface area contributed by atoms with Gasteiger partial charge in [-0.25, -0.2) is 4.39 Å². The minimum absolute atomic E-state index is 0.218. The zero-order chi connectivity index (χ0) is 18.1. The fourth-order valence-electron chi connectivity index (χ4n) is 2.64. The highest BCUT2D eigenvalue weighted by molar-refractivity contribution is 5.59. The minimum Gasteiger partial charge on any atom is -0.488 e. The molecule has 3 aromatic rings. The number of nitro groups is 1. The highest BCUT2D eigenvalue weighted by atomic mass is 19.1. The molecule has 1 aliphatic rings. The van der Waals surface area contributed by atoms with Crippen LogP contribution in [0.5, 0.6) is 11.8 Å². The lowest BCUT2D eigenvalue weighted by Crippen LogP contribution is -2.23. The molecule has 3 heterocycles. The van der Waals surface area contributed by atoms with E-state index in [1.54, 1.807) is 35.0 Å². The van der Waals surface area contributed by atoms with Gasteiger partial charge in [0.15, 0.2) is 6.10 Å². The molecular formula is C17H13FN4O4. The molecule has 1 aromatic carbocycles. The normalized spacial score (nSPS) is 15.3. The van der Waals surface area contributed by atoms with Crippen LogP contribution in [0.2, 0.25) is 0 Å². The Morgan fingerprint density at radius 3 is 2.77 bits per heavy atom. The standard InChI is InChI=1S/C17H13FN4O4/c18-12-3-1-11(2-4-12)15-6-5-13(7-19-15)25-10-14-8-21-9-16(22(23)24)20-17(21)26-14/h1-7,9,14H,8,10H2/t14-/m1/s1. The Balaban J connectivity index is 1.34. The fraction of sp³-hybridized carbons (Fsp3) is 0.176. The maximum atomic E-state index is 13.0. The molecule has 0 fully saturated rings. The second-order valence-corrected chi connectivity index (χ2v) is 5.73. The maximum Gasteiger partial charge on any atom is 0.414 e. The molecule has 0 saturated heterocycles. The molecule has 1 aliphatic heterocycles. The van der Waals surface area contributed by atoms with Crippen molar-refractivity contribution in [1.82, 2.24) is 14.5 Å². The first-order chi connectivity index (χ1) is 12.6. The Bertz CT molecular complexity index is 917. The van der Waals surface area contributed by atoms with Crippen molar-refractivity contribution in [1.29, 1.82) is 0 Å². The van der Waals surface area contributed by atoms with Crippen LogP contribution in [-0.2, 0) is 6.54 Å². The van der Waals surface area contributed by atoms with Gasteiger partial charge in [0.1, 0.15) is 24.4 Å². The molecule has 26 heavy (non-hydrogen) atoms. The van der Waals surface area contributed by atoms with E-state index in [0.29, 0.717) is 18.0 Å². The molecule has 2 aromatic heterocycles. The van der Waals surface area contributed by atoms with E-state index in [2.05, 4.69) is 9.97 Å². The van der Waals surface area contributed by atoms with Crippen LogP contribution in [-0.4, -0.2) is 32.2 Å². The van der Waals surface area contributed by atoms with Crippen molar-refractivity contribution in [2.45, 2.75) is 12.6 Å². The zero-order valence-corrected chi connectivity index (χ0v) is 13.4. The van der Waals surface area contributed by atoms with Crippen LogP contribution in [0.25, 0.3) is 11.3 Å². The summed E-state index contributed by atoms with van der Waals surface area (Å²) in [5.74, 6) is 0.0329. The average Bonchev–Trinajstić information content (AvgIpc) is 3.20. The molecule has 0 spiro atoms. The van der Waals surface area contributed by atoms with Crippen LogP contribution in [0.3, 0.4) is 0 Å². The van der Waals surface area contributed by atoms with Gasteiger partial charge >= 0.3 is 11.8 Å². The third kappa shape index (κ3) is 3.18. The second kappa shape index (κ2) is 6.43. The molecule has 1 atom stereocenters. The summed E-state index contributed by atoms with van der Waals surface area (Å²) in [6, 6.07) is 9.85. The number of fused-ring (bicyclic) bond motifs is 1. The van der Waals surface area contributed by atoms with Crippen molar-refractivity contribution in [3.05, 3.63) is 64.7 Å². The molecule has 132 valence electrons. The first-order valence-electron chi connectivity index (χ1n) is 7.81. The van der Waals surface area contributed by atoms with Crippen LogP contribution in [0.4, 0.5) is 10.2 Å². The Kier molecular flexibility index (Phi) is 3.96. The van der Waals surface area contributed by atoms with E-state index in [-0.39, 0.29) is 30.4 Å². The molecule has 9 heteroatoms. The molecule has 0 N–H and O–H groups in total. The molecule has 0 bridgehead atoms. The van der Waals surface area contributed by atoms with Crippen molar-refractivity contribution in [3.8, 4) is 23.0 Å². The molecule has 8 nitrogen and oxygen atoms in total. The van der Waals surface area contributed by atoms with Crippen molar-refractivity contribution in [3.63, 3.8) is 0 Å². The predicted octanol–water partition coefficient (Wildman–Crippen LogP) is 2.83. The molecular weight excluding hydrogens is 343 g/mol. The Hall–Kier alpha value is -3.49. The van der Waals surface area contributed by atoms with Crippen LogP contribution < -0.4 is 9.47 Å². The van der Waals surface area contributed by atoms with Gasteiger partial charge in [0.25, 0.3) is 0 Å². The van der Waals surface area contributed by atoms with Crippen LogP contribution in [0.15, 0.2) is 48.8 Å². The third-order valence-electron chi connectivity index (χ3n) is 3.90. The number of rotatable bonds is 5. The second-order valence-electron chi connectivity index (χ2n) is 5.73. The minimum atomic E-state index is -0.561. The number of pyridine rings is 1. The van der Waals surface area contributed by atoms with Crippen molar-refractivity contribution in [2.75, 3.05) is 6.61 Å². The van der Waals surface area contributed by atoms with E-state index in [1.807, 2.05) is 0 Å². The van der Waals surface area contributed by atoms with Gasteiger partial charge in [-0.3, -0.25) is 9.55 Å². The summed E-state index contributed by atoms with van der Waals surface area (Å²) in [5, 5.41) is 10.7. The highest BCUT2D eigenvalue weighted by Crippen LogP contribution is 2.25. The molecule has 0 radical (unpaired) electrons. The highest BCUT2D eigenvalue weighted by Gasteiger charge is 2.31. The van der Waals surface area contributed by atoms with Gasteiger partial charge in [0.2, 0.25) is 0 Å². The monoisotopic (exact) mass is 356 g/mol. The Labute approximate surface area is 147 Å². The van der Waals surface area contributed by atoms with E-state index in [0.717, 1.165) is 5.56 Å². The van der Waals surface area contributed by atoms with Gasteiger partial charge in [0, 0.05) is 10.5 Å². The van der Waals surface area contributed by atoms with Crippen LogP contribution in [0, 0.1) is 15.9 Å². The molecule has 0 amide bonds. The molecule has 0 unspecified atom stereocenters. The maximum absolute atomic E-state index is 13.0. The number of hydrogen-bond acceptors (Lipinski definition) is 6. The Morgan fingerprint density at radius 2 is 2.12 bits per heavy atom. The van der Waals surface area contributed by atoms with E-state index in [1.165, 1.54) is 18.3 Å². The van der Waals surface area contributed by atoms with Crippen LogP contribution in [0.1, 0.15) is 0 Å². The predicted molar refractivity (Wildman–Crippen MR) is 88.4 cm³/mol. The van der Waals surface area contributed by atoms with E-state index >= 15 is 0 Å². The van der Waals surface area contributed by atoms with Gasteiger partial charge in [-0.2, -0.15) is 0 Å². The van der Waals surface area contributed by atoms with Crippen molar-refractivity contribution in [2.24, 2.45) is 0 Å². The molecule has 0 saturated carbocycles. The SMILES string of the molecule is O=[N+]([O-])c1cn2c(n1)O[C@@H](COc1ccc(-c3ccc(F)cc3)nc1)C2. The van der Waals surface area contributed by atoms with Gasteiger partial charge in [0.05, 0.1) is 18.4 Å². The number of nitrogens with zero attached hydrogens (tertiary/aromatic N) is 4. The lowest BCUT2D eigenvalue weighted by molar-refractivity contribution is -0.389. The average molecular weight is 356 g/mol. The molecule has 4 rings (SSSR count). The van der Waals surface area contributed by atoms with Crippen molar-refractivity contribution >= 4 is 5.82 Å². The summed E-state index contributed by atoms with van der Waals surface area (Å²) >= 11 is 0. The van der Waals surface area contributed by atoms with E-state index in [9.17, 15) is 14.5 Å². The lowest BCUT2D eigenvalue weighted by Gasteiger charge is -2.11. The number of halogens is 1. The fourth-order valence-corrected chi connectivity index (χ4v) is 2.64. The van der Waals surface area contributed by atoms with Gasteiger partial charge in [-0.05, 0) is 41.3 Å². The summed E-state index contributed by atoms with van der Waals surface area (Å²) in [4.78, 5) is 18.2.